The molecule has 3 aromatic carbocycles. The van der Waals surface area contributed by atoms with E-state index in [0.29, 0.717) is 18.3 Å². The van der Waals surface area contributed by atoms with Gasteiger partial charge in [-0.2, -0.15) is 5.10 Å². The van der Waals surface area contributed by atoms with Crippen LogP contribution in [0.1, 0.15) is 42.5 Å². The lowest BCUT2D eigenvalue weighted by Crippen LogP contribution is -2.34. The van der Waals surface area contributed by atoms with Crippen LogP contribution >= 0.6 is 11.8 Å². The second-order valence-corrected chi connectivity index (χ2v) is 11.0. The van der Waals surface area contributed by atoms with E-state index in [1.807, 2.05) is 36.3 Å². The maximum Gasteiger partial charge on any atom is 0.573 e. The minimum atomic E-state index is -4.74. The third-order valence-corrected chi connectivity index (χ3v) is 7.76. The number of hydrogen-bond acceptors (Lipinski definition) is 5. The van der Waals surface area contributed by atoms with E-state index in [9.17, 15) is 13.2 Å². The van der Waals surface area contributed by atoms with Crippen LogP contribution in [0, 0.1) is 6.92 Å². The summed E-state index contributed by atoms with van der Waals surface area (Å²) in [5, 5.41) is 7.94. The van der Waals surface area contributed by atoms with Crippen LogP contribution in [0.5, 0.6) is 5.75 Å². The van der Waals surface area contributed by atoms with E-state index in [4.69, 9.17) is 10.8 Å². The molecule has 0 bridgehead atoms. The Balaban J connectivity index is 1.39. The number of para-hydroxylation sites is 1. The number of hydrazone groups is 1. The van der Waals surface area contributed by atoms with Gasteiger partial charge in [-0.25, -0.2) is 9.98 Å². The van der Waals surface area contributed by atoms with Gasteiger partial charge in [0.1, 0.15) is 17.9 Å². The van der Waals surface area contributed by atoms with Gasteiger partial charge >= 0.3 is 6.36 Å². The Kier molecular flexibility index (Phi) is 10.2. The molecule has 0 radical (unpaired) electrons. The van der Waals surface area contributed by atoms with Gasteiger partial charge in [0.2, 0.25) is 0 Å². The Morgan fingerprint density at radius 3 is 2.50 bits per heavy atom. The zero-order chi connectivity index (χ0) is 30.3. The molecule has 11 heteroatoms. The number of aliphatic imine (C=N–C) groups is 2. The molecule has 1 saturated heterocycles. The fourth-order valence-electron chi connectivity index (χ4n) is 4.65. The number of anilines is 1. The highest BCUT2D eigenvalue weighted by molar-refractivity contribution is 8.14. The van der Waals surface area contributed by atoms with Crippen LogP contribution in [0.3, 0.4) is 0 Å². The van der Waals surface area contributed by atoms with Crippen LogP contribution in [0.15, 0.2) is 81.8 Å². The number of halogens is 3. The Morgan fingerprint density at radius 1 is 1.12 bits per heavy atom. The molecule has 3 aromatic rings. The van der Waals surface area contributed by atoms with Gasteiger partial charge in [-0.15, -0.1) is 13.2 Å². The summed E-state index contributed by atoms with van der Waals surface area (Å²) >= 11 is 1.78. The summed E-state index contributed by atoms with van der Waals surface area (Å²) in [5.41, 5.74) is 12.2. The summed E-state index contributed by atoms with van der Waals surface area (Å²) < 4.78 is 40.8. The number of aryl methyl sites for hydroxylation is 2. The summed E-state index contributed by atoms with van der Waals surface area (Å²) in [4.78, 5) is 10.6. The van der Waals surface area contributed by atoms with Gasteiger partial charge in [-0.1, -0.05) is 67.6 Å². The highest BCUT2D eigenvalue weighted by Gasteiger charge is 2.32. The molecule has 222 valence electrons. The summed E-state index contributed by atoms with van der Waals surface area (Å²) in [7, 11) is 1.97. The van der Waals surface area contributed by atoms with Crippen LogP contribution in [0.25, 0.3) is 0 Å². The number of benzene rings is 3. The fourth-order valence-corrected chi connectivity index (χ4v) is 5.80. The summed E-state index contributed by atoms with van der Waals surface area (Å²) in [5.74, 6) is 0.938. The number of nitrogens with two attached hydrogens (primary N) is 1. The first-order chi connectivity index (χ1) is 20.0. The molecular weight excluding hydrogens is 561 g/mol. The minimum Gasteiger partial charge on any atom is -0.406 e. The monoisotopic (exact) mass is 596 g/mol. The number of nitrogens with zero attached hydrogens (tertiary/aromatic N) is 5. The molecule has 7 nitrogen and oxygen atoms in total. The minimum absolute atomic E-state index is 0.268. The van der Waals surface area contributed by atoms with Gasteiger partial charge in [0.05, 0.1) is 12.2 Å². The Labute approximate surface area is 249 Å². The van der Waals surface area contributed by atoms with E-state index in [2.05, 4.69) is 58.6 Å². The molecule has 1 unspecified atom stereocenters. The van der Waals surface area contributed by atoms with Crippen molar-refractivity contribution in [3.8, 4) is 5.75 Å². The highest BCUT2D eigenvalue weighted by Crippen LogP contribution is 2.36. The lowest BCUT2D eigenvalue weighted by molar-refractivity contribution is -0.274. The molecule has 0 aliphatic carbocycles. The largest absolute Gasteiger partial charge is 0.573 e. The van der Waals surface area contributed by atoms with Gasteiger partial charge in [0.25, 0.3) is 0 Å². The maximum absolute atomic E-state index is 12.3. The van der Waals surface area contributed by atoms with Gasteiger partial charge < -0.3 is 15.4 Å². The normalized spacial score (nSPS) is 16.9. The van der Waals surface area contributed by atoms with Gasteiger partial charge in [0.15, 0.2) is 5.17 Å². The highest BCUT2D eigenvalue weighted by atomic mass is 32.2. The second kappa shape index (κ2) is 13.8. The Hall–Kier alpha value is -3.99. The summed E-state index contributed by atoms with van der Waals surface area (Å²) in [6, 6.07) is 19.8. The standard InChI is InChI=1S/C31H35F3N6OS/c1-5-7-24-9-6-8-21(2)28(24)40-22(3)19-42-30(40)38-39(4)18-23-10-12-25(13-11-23)29(35)37-20-36-26-14-16-27(17-15-26)41-31(32,33)34/h6,8-17,20,22H,5,7,18-19H2,1-4H3,(H2,35,36,37)/b38-30-. The number of rotatable bonds is 10. The lowest BCUT2D eigenvalue weighted by Gasteiger charge is -2.28. The zero-order valence-electron chi connectivity index (χ0n) is 24.1. The van der Waals surface area contributed by atoms with E-state index in [1.54, 1.807) is 11.8 Å². The first-order valence-electron chi connectivity index (χ1n) is 13.6. The number of hydrogen-bond donors (Lipinski definition) is 1. The van der Waals surface area contributed by atoms with Crippen molar-refractivity contribution in [2.75, 3.05) is 17.7 Å². The van der Waals surface area contributed by atoms with Crippen molar-refractivity contribution in [1.82, 2.24) is 5.01 Å². The molecule has 0 saturated carbocycles. The second-order valence-electron chi connectivity index (χ2n) is 10.1. The number of amidine groups is 2. The molecule has 1 fully saturated rings. The lowest BCUT2D eigenvalue weighted by atomic mass is 10.0. The van der Waals surface area contributed by atoms with Crippen LogP contribution in [-0.2, 0) is 13.0 Å². The quantitative estimate of drug-likeness (QED) is 0.151. The van der Waals surface area contributed by atoms with Crippen molar-refractivity contribution in [3.63, 3.8) is 0 Å². The molecule has 2 N–H and O–H groups in total. The van der Waals surface area contributed by atoms with Gasteiger partial charge in [-0.3, -0.25) is 5.01 Å². The van der Waals surface area contributed by atoms with E-state index in [1.165, 1.54) is 47.4 Å². The van der Waals surface area contributed by atoms with Gasteiger partial charge in [0, 0.05) is 30.1 Å². The molecule has 1 aliphatic rings. The van der Waals surface area contributed by atoms with Crippen molar-refractivity contribution in [1.29, 1.82) is 0 Å². The van der Waals surface area contributed by atoms with Crippen molar-refractivity contribution in [2.24, 2.45) is 20.8 Å². The van der Waals surface area contributed by atoms with Crippen LogP contribution in [0.2, 0.25) is 0 Å². The molecule has 42 heavy (non-hydrogen) atoms. The third-order valence-electron chi connectivity index (χ3n) is 6.57. The number of alkyl halides is 3. The summed E-state index contributed by atoms with van der Waals surface area (Å²) in [6.45, 7) is 7.24. The van der Waals surface area contributed by atoms with Crippen molar-refractivity contribution >= 4 is 40.5 Å². The van der Waals surface area contributed by atoms with Gasteiger partial charge in [-0.05, 0) is 61.2 Å². The third kappa shape index (κ3) is 8.28. The first kappa shape index (κ1) is 31.0. The predicted octanol–water partition coefficient (Wildman–Crippen LogP) is 7.26. The zero-order valence-corrected chi connectivity index (χ0v) is 24.9. The molecule has 1 atom stereocenters. The van der Waals surface area contributed by atoms with Crippen molar-refractivity contribution < 1.29 is 17.9 Å². The summed E-state index contributed by atoms with van der Waals surface area (Å²) in [6.07, 6.45) is -1.35. The molecular formula is C31H35F3N6OS. The van der Waals surface area contributed by atoms with Crippen molar-refractivity contribution in [2.45, 2.75) is 52.6 Å². The van der Waals surface area contributed by atoms with E-state index in [-0.39, 0.29) is 11.6 Å². The predicted molar refractivity (Wildman–Crippen MR) is 167 cm³/mol. The van der Waals surface area contributed by atoms with Crippen LogP contribution in [-0.4, -0.2) is 47.6 Å². The molecule has 1 heterocycles. The van der Waals surface area contributed by atoms with E-state index in [0.717, 1.165) is 34.9 Å². The van der Waals surface area contributed by atoms with Crippen LogP contribution in [0.4, 0.5) is 24.5 Å². The SMILES string of the molecule is CCCc1cccc(C)c1N1/C(=N/N(C)Cc2ccc(C(N)=NC=Nc3ccc(OC(F)(F)F)cc3)cc2)SCC1C. The molecule has 0 spiro atoms. The Morgan fingerprint density at radius 2 is 1.83 bits per heavy atom. The van der Waals surface area contributed by atoms with E-state index >= 15 is 0 Å². The van der Waals surface area contributed by atoms with E-state index < -0.39 is 6.36 Å². The van der Waals surface area contributed by atoms with Crippen molar-refractivity contribution in [3.05, 3.63) is 89.0 Å². The first-order valence-corrected chi connectivity index (χ1v) is 14.6. The Bertz CT molecular complexity index is 1440. The molecule has 1 aliphatic heterocycles. The fraction of sp³-hybridized carbons (Fsp3) is 0.323. The maximum atomic E-state index is 12.3. The molecule has 0 aromatic heterocycles. The van der Waals surface area contributed by atoms with Crippen LogP contribution < -0.4 is 15.4 Å². The average molecular weight is 597 g/mol. The molecule has 4 rings (SSSR count). The number of thioether (sulfide) groups is 1. The topological polar surface area (TPSA) is 78.8 Å². The molecule has 0 amide bonds. The smallest absolute Gasteiger partial charge is 0.406 e. The number of ether oxygens (including phenoxy) is 1. The average Bonchev–Trinajstić information content (AvgIpc) is 3.28.